The van der Waals surface area contributed by atoms with Crippen molar-refractivity contribution in [3.05, 3.63) is 10.6 Å². The van der Waals surface area contributed by atoms with Crippen LogP contribution in [0.1, 0.15) is 37.3 Å². The molecule has 1 aromatic heterocycles. The minimum atomic E-state index is -0.00157. The number of aromatic nitrogens is 1. The number of nitrogens with zero attached hydrogens (tertiary/aromatic N) is 2. The molecule has 2 rings (SSSR count). The largest absolute Gasteiger partial charge is 0.324 e. The average Bonchev–Trinajstić information content (AvgIpc) is 2.70. The van der Waals surface area contributed by atoms with Gasteiger partial charge in [0.05, 0.1) is 5.69 Å². The minimum Gasteiger partial charge on any atom is -0.324 e. The van der Waals surface area contributed by atoms with Gasteiger partial charge in [-0.05, 0) is 32.1 Å². The summed E-state index contributed by atoms with van der Waals surface area (Å²) in [5.74, 6) is 0.739. The molecule has 2 heterocycles. The molecule has 0 saturated carbocycles. The van der Waals surface area contributed by atoms with Gasteiger partial charge in [-0.1, -0.05) is 13.8 Å². The number of urea groups is 1. The molecule has 18 heavy (non-hydrogen) atoms. The number of nitrogens with one attached hydrogen (secondary N) is 1. The van der Waals surface area contributed by atoms with Crippen molar-refractivity contribution >= 4 is 22.5 Å². The summed E-state index contributed by atoms with van der Waals surface area (Å²) in [6, 6.07) is -0.00157. The van der Waals surface area contributed by atoms with Crippen molar-refractivity contribution in [2.24, 2.45) is 5.92 Å². The van der Waals surface area contributed by atoms with Gasteiger partial charge in [0.15, 0.2) is 5.13 Å². The van der Waals surface area contributed by atoms with Crippen molar-refractivity contribution < 1.29 is 4.79 Å². The molecule has 0 atom stereocenters. The second kappa shape index (κ2) is 5.69. The van der Waals surface area contributed by atoms with E-state index in [2.05, 4.69) is 31.1 Å². The van der Waals surface area contributed by atoms with Gasteiger partial charge in [0, 0.05) is 18.0 Å². The molecule has 1 saturated heterocycles. The summed E-state index contributed by atoms with van der Waals surface area (Å²) in [5.41, 5.74) is 1.09. The highest BCUT2D eigenvalue weighted by molar-refractivity contribution is 7.15. The van der Waals surface area contributed by atoms with E-state index in [1.165, 1.54) is 4.88 Å². The molecule has 2 amide bonds. The lowest BCUT2D eigenvalue weighted by Gasteiger charge is -2.29. The first kappa shape index (κ1) is 13.3. The number of carbonyl (C=O) groups excluding carboxylic acids is 1. The van der Waals surface area contributed by atoms with Crippen molar-refractivity contribution in [2.75, 3.05) is 18.4 Å². The highest BCUT2D eigenvalue weighted by Crippen LogP contribution is 2.23. The summed E-state index contributed by atoms with van der Waals surface area (Å²) in [7, 11) is 0. The third-order valence-corrected chi connectivity index (χ3v) is 4.44. The Morgan fingerprint density at radius 2 is 2.17 bits per heavy atom. The van der Waals surface area contributed by atoms with Gasteiger partial charge in [-0.2, -0.15) is 0 Å². The zero-order chi connectivity index (χ0) is 13.1. The molecule has 4 nitrogen and oxygen atoms in total. The van der Waals surface area contributed by atoms with Crippen molar-refractivity contribution in [1.29, 1.82) is 0 Å². The third kappa shape index (κ3) is 3.02. The topological polar surface area (TPSA) is 45.2 Å². The van der Waals surface area contributed by atoms with Crippen molar-refractivity contribution in [1.82, 2.24) is 9.88 Å². The first-order valence-electron chi connectivity index (χ1n) is 6.62. The predicted octanol–water partition coefficient (Wildman–Crippen LogP) is 3.28. The Labute approximate surface area is 112 Å². The van der Waals surface area contributed by atoms with Crippen molar-refractivity contribution in [2.45, 2.75) is 40.0 Å². The summed E-state index contributed by atoms with van der Waals surface area (Å²) in [4.78, 5) is 19.6. The van der Waals surface area contributed by atoms with Gasteiger partial charge >= 0.3 is 6.03 Å². The van der Waals surface area contributed by atoms with E-state index in [1.807, 2.05) is 4.90 Å². The van der Waals surface area contributed by atoms with Gasteiger partial charge in [-0.15, -0.1) is 11.3 Å². The number of hydrogen-bond donors (Lipinski definition) is 1. The van der Waals surface area contributed by atoms with Gasteiger partial charge in [0.25, 0.3) is 0 Å². The number of thiazole rings is 1. The molecule has 1 aliphatic rings. The molecule has 5 heteroatoms. The Morgan fingerprint density at radius 3 is 2.72 bits per heavy atom. The number of piperidine rings is 1. The lowest BCUT2D eigenvalue weighted by Crippen LogP contribution is -2.40. The SMILES string of the molecule is CCc1nc(NC(=O)N2CCC(C)CC2)sc1C. The maximum atomic E-state index is 12.1. The highest BCUT2D eigenvalue weighted by Gasteiger charge is 2.21. The Kier molecular flexibility index (Phi) is 4.22. The van der Waals surface area contributed by atoms with Crippen molar-refractivity contribution in [3.8, 4) is 0 Å². The number of carbonyl (C=O) groups is 1. The van der Waals surface area contributed by atoms with Gasteiger partial charge in [-0.3, -0.25) is 5.32 Å². The number of likely N-dealkylation sites (tertiary alicyclic amines) is 1. The molecule has 1 aromatic rings. The van der Waals surface area contributed by atoms with E-state index >= 15 is 0 Å². The molecule has 1 N–H and O–H groups in total. The Morgan fingerprint density at radius 1 is 1.50 bits per heavy atom. The highest BCUT2D eigenvalue weighted by atomic mass is 32.1. The number of amides is 2. The van der Waals surface area contributed by atoms with Crippen LogP contribution in [0.15, 0.2) is 0 Å². The number of anilines is 1. The molecule has 0 radical (unpaired) electrons. The lowest BCUT2D eigenvalue weighted by molar-refractivity contribution is 0.186. The first-order valence-corrected chi connectivity index (χ1v) is 7.44. The Bertz CT molecular complexity index is 422. The van der Waals surface area contributed by atoms with Crippen LogP contribution in [-0.2, 0) is 6.42 Å². The minimum absolute atomic E-state index is 0.00157. The fourth-order valence-corrected chi connectivity index (χ4v) is 3.08. The van der Waals surface area contributed by atoms with Crippen LogP contribution in [0.25, 0.3) is 0 Å². The zero-order valence-corrected chi connectivity index (χ0v) is 12.1. The molecular weight excluding hydrogens is 246 g/mol. The van der Waals surface area contributed by atoms with Crippen LogP contribution in [0, 0.1) is 12.8 Å². The summed E-state index contributed by atoms with van der Waals surface area (Å²) in [6.07, 6.45) is 3.12. The van der Waals surface area contributed by atoms with E-state index < -0.39 is 0 Å². The monoisotopic (exact) mass is 267 g/mol. The van der Waals surface area contributed by atoms with Crippen LogP contribution < -0.4 is 5.32 Å². The standard InChI is InChI=1S/C13H21N3OS/c1-4-11-10(3)18-12(14-11)15-13(17)16-7-5-9(2)6-8-16/h9H,4-8H2,1-3H3,(H,14,15,17). The predicted molar refractivity (Wildman–Crippen MR) is 75.2 cm³/mol. The fraction of sp³-hybridized carbons (Fsp3) is 0.692. The lowest BCUT2D eigenvalue weighted by atomic mass is 10.00. The molecule has 1 aliphatic heterocycles. The molecule has 0 aromatic carbocycles. The Balaban J connectivity index is 1.94. The van der Waals surface area contributed by atoms with E-state index in [0.29, 0.717) is 0 Å². The molecule has 100 valence electrons. The van der Waals surface area contributed by atoms with E-state index in [0.717, 1.165) is 49.1 Å². The zero-order valence-electron chi connectivity index (χ0n) is 11.3. The van der Waals surface area contributed by atoms with Gasteiger partial charge in [-0.25, -0.2) is 9.78 Å². The van der Waals surface area contributed by atoms with Crippen LogP contribution in [0.5, 0.6) is 0 Å². The van der Waals surface area contributed by atoms with Crippen molar-refractivity contribution in [3.63, 3.8) is 0 Å². The summed E-state index contributed by atoms with van der Waals surface area (Å²) < 4.78 is 0. The second-order valence-electron chi connectivity index (χ2n) is 4.98. The third-order valence-electron chi connectivity index (χ3n) is 3.51. The Hall–Kier alpha value is -1.10. The van der Waals surface area contributed by atoms with Gasteiger partial charge < -0.3 is 4.90 Å². The first-order chi connectivity index (χ1) is 8.60. The van der Waals surface area contributed by atoms with Crippen LogP contribution in [0.4, 0.5) is 9.93 Å². The average molecular weight is 267 g/mol. The van der Waals surface area contributed by atoms with E-state index in [-0.39, 0.29) is 6.03 Å². The smallest absolute Gasteiger partial charge is 0.323 e. The molecule has 0 bridgehead atoms. The molecule has 0 aliphatic carbocycles. The second-order valence-corrected chi connectivity index (χ2v) is 6.18. The number of rotatable bonds is 2. The van der Waals surface area contributed by atoms with E-state index in [9.17, 15) is 4.79 Å². The quantitative estimate of drug-likeness (QED) is 0.893. The normalized spacial score (nSPS) is 16.9. The molecule has 1 fully saturated rings. The van der Waals surface area contributed by atoms with Gasteiger partial charge in [0.2, 0.25) is 0 Å². The maximum absolute atomic E-state index is 12.1. The van der Waals surface area contributed by atoms with Crippen LogP contribution >= 0.6 is 11.3 Å². The summed E-state index contributed by atoms with van der Waals surface area (Å²) in [5, 5.41) is 3.65. The summed E-state index contributed by atoms with van der Waals surface area (Å²) >= 11 is 1.56. The maximum Gasteiger partial charge on any atom is 0.323 e. The molecule has 0 spiro atoms. The number of hydrogen-bond acceptors (Lipinski definition) is 3. The van der Waals surface area contributed by atoms with E-state index in [4.69, 9.17) is 0 Å². The number of aryl methyl sites for hydroxylation is 2. The van der Waals surface area contributed by atoms with Gasteiger partial charge in [0.1, 0.15) is 0 Å². The van der Waals surface area contributed by atoms with E-state index in [1.54, 1.807) is 11.3 Å². The summed E-state index contributed by atoms with van der Waals surface area (Å²) in [6.45, 7) is 8.09. The fourth-order valence-electron chi connectivity index (χ4n) is 2.19. The molecular formula is C13H21N3OS. The van der Waals surface area contributed by atoms with Crippen LogP contribution in [-0.4, -0.2) is 29.0 Å². The molecule has 0 unspecified atom stereocenters. The van der Waals surface area contributed by atoms with Crippen LogP contribution in [0.3, 0.4) is 0 Å². The van der Waals surface area contributed by atoms with Crippen LogP contribution in [0.2, 0.25) is 0 Å².